The van der Waals surface area contributed by atoms with Crippen LogP contribution in [0, 0.1) is 0 Å². The highest BCUT2D eigenvalue weighted by Crippen LogP contribution is 2.10. The van der Waals surface area contributed by atoms with Crippen molar-refractivity contribution < 1.29 is 19.1 Å². The minimum Gasteiger partial charge on any atom is -0.449 e. The fraction of sp³-hybridized carbons (Fsp3) is 0.467. The van der Waals surface area contributed by atoms with Crippen molar-refractivity contribution in [1.29, 1.82) is 0 Å². The highest BCUT2D eigenvalue weighted by Gasteiger charge is 2.16. The van der Waals surface area contributed by atoms with Crippen LogP contribution in [-0.4, -0.2) is 49.2 Å². The lowest BCUT2D eigenvalue weighted by atomic mass is 10.1. The number of carbonyl (C=O) groups is 2. The summed E-state index contributed by atoms with van der Waals surface area (Å²) in [5, 5.41) is 0. The molecule has 1 saturated heterocycles. The Balaban J connectivity index is 1.91. The average molecular weight is 292 g/mol. The number of nitrogens with zero attached hydrogens (tertiary/aromatic N) is 1. The molecule has 0 aliphatic carbocycles. The fourth-order valence-corrected chi connectivity index (χ4v) is 2.05. The molecule has 0 bridgehead atoms. The lowest BCUT2D eigenvalue weighted by Gasteiger charge is -2.26. The zero-order valence-corrected chi connectivity index (χ0v) is 12.1. The minimum absolute atomic E-state index is 0.411. The summed E-state index contributed by atoms with van der Waals surface area (Å²) in [6, 6.07) is 7.18. The van der Waals surface area contributed by atoms with E-state index >= 15 is 0 Å². The highest BCUT2D eigenvalue weighted by molar-refractivity contribution is 5.91. The molecule has 1 atom stereocenters. The van der Waals surface area contributed by atoms with Gasteiger partial charge in [-0.1, -0.05) is 12.1 Å². The first-order chi connectivity index (χ1) is 10.1. The molecule has 6 nitrogen and oxygen atoms in total. The van der Waals surface area contributed by atoms with E-state index in [2.05, 4.69) is 4.90 Å². The second-order valence-electron chi connectivity index (χ2n) is 5.04. The number of benzene rings is 1. The molecular formula is C15H20N2O4. The van der Waals surface area contributed by atoms with Gasteiger partial charge in [-0.05, 0) is 24.6 Å². The van der Waals surface area contributed by atoms with Gasteiger partial charge in [-0.25, -0.2) is 4.79 Å². The Kier molecular flexibility index (Phi) is 5.30. The normalized spacial score (nSPS) is 17.2. The Bertz CT molecular complexity index is 495. The van der Waals surface area contributed by atoms with Crippen LogP contribution in [0.2, 0.25) is 0 Å². The summed E-state index contributed by atoms with van der Waals surface area (Å²) < 4.78 is 10.3. The summed E-state index contributed by atoms with van der Waals surface area (Å²) in [5.74, 6) is -1.20. The first kappa shape index (κ1) is 15.5. The molecule has 0 aromatic heterocycles. The van der Waals surface area contributed by atoms with Crippen LogP contribution in [0.1, 0.15) is 22.8 Å². The van der Waals surface area contributed by atoms with Crippen molar-refractivity contribution in [2.45, 2.75) is 19.6 Å². The molecule has 0 radical (unpaired) electrons. The number of ether oxygens (including phenoxy) is 2. The molecule has 2 N–H and O–H groups in total. The van der Waals surface area contributed by atoms with Crippen LogP contribution in [0.15, 0.2) is 24.3 Å². The zero-order chi connectivity index (χ0) is 15.2. The van der Waals surface area contributed by atoms with Gasteiger partial charge in [0.2, 0.25) is 0 Å². The third kappa shape index (κ3) is 4.54. The molecule has 1 fully saturated rings. The summed E-state index contributed by atoms with van der Waals surface area (Å²) in [5.41, 5.74) is 6.59. The van der Waals surface area contributed by atoms with Crippen LogP contribution in [0.5, 0.6) is 0 Å². The van der Waals surface area contributed by atoms with E-state index in [1.54, 1.807) is 12.1 Å². The molecule has 0 unspecified atom stereocenters. The van der Waals surface area contributed by atoms with Crippen LogP contribution >= 0.6 is 0 Å². The number of hydrogen-bond acceptors (Lipinski definition) is 5. The number of hydrogen-bond donors (Lipinski definition) is 1. The number of nitrogens with two attached hydrogens (primary N) is 1. The first-order valence-electron chi connectivity index (χ1n) is 6.95. The zero-order valence-electron chi connectivity index (χ0n) is 12.1. The van der Waals surface area contributed by atoms with Crippen LogP contribution in [0.4, 0.5) is 0 Å². The van der Waals surface area contributed by atoms with Crippen molar-refractivity contribution in [1.82, 2.24) is 4.90 Å². The molecule has 0 saturated carbocycles. The Labute approximate surface area is 123 Å². The van der Waals surface area contributed by atoms with E-state index in [4.69, 9.17) is 15.2 Å². The van der Waals surface area contributed by atoms with Crippen molar-refractivity contribution in [2.75, 3.05) is 26.3 Å². The number of esters is 1. The van der Waals surface area contributed by atoms with E-state index in [9.17, 15) is 9.59 Å². The molecule has 2 rings (SSSR count). The van der Waals surface area contributed by atoms with Gasteiger partial charge >= 0.3 is 5.97 Å². The number of amides is 1. The second kappa shape index (κ2) is 7.19. The maximum Gasteiger partial charge on any atom is 0.338 e. The van der Waals surface area contributed by atoms with Crippen molar-refractivity contribution in [2.24, 2.45) is 5.73 Å². The quantitative estimate of drug-likeness (QED) is 0.801. The van der Waals surface area contributed by atoms with Gasteiger partial charge in [-0.2, -0.15) is 0 Å². The standard InChI is InChI=1S/C15H20N2O4/c1-11(14(16)18)21-15(19)13-4-2-12(3-5-13)10-17-6-8-20-9-7-17/h2-5,11H,6-10H2,1H3,(H2,16,18)/t11-/m0/s1. The van der Waals surface area contributed by atoms with Gasteiger partial charge in [0.25, 0.3) is 5.91 Å². The largest absolute Gasteiger partial charge is 0.449 e. The Morgan fingerprint density at radius 3 is 2.48 bits per heavy atom. The van der Waals surface area contributed by atoms with Crippen LogP contribution < -0.4 is 5.73 Å². The van der Waals surface area contributed by atoms with Gasteiger partial charge < -0.3 is 15.2 Å². The Hall–Kier alpha value is -1.92. The summed E-state index contributed by atoms with van der Waals surface area (Å²) in [7, 11) is 0. The highest BCUT2D eigenvalue weighted by atomic mass is 16.5. The third-order valence-corrected chi connectivity index (χ3v) is 3.38. The SMILES string of the molecule is C[C@H](OC(=O)c1ccc(CN2CCOCC2)cc1)C(N)=O. The Morgan fingerprint density at radius 1 is 1.29 bits per heavy atom. The first-order valence-corrected chi connectivity index (χ1v) is 6.95. The monoisotopic (exact) mass is 292 g/mol. The van der Waals surface area contributed by atoms with E-state index in [1.807, 2.05) is 12.1 Å². The maximum absolute atomic E-state index is 11.8. The predicted octanol–water partition coefficient (Wildman–Crippen LogP) is 0.549. The molecular weight excluding hydrogens is 272 g/mol. The molecule has 0 spiro atoms. The van der Waals surface area contributed by atoms with Gasteiger partial charge in [0, 0.05) is 19.6 Å². The lowest BCUT2D eigenvalue weighted by molar-refractivity contribution is -0.125. The lowest BCUT2D eigenvalue weighted by Crippen LogP contribution is -2.35. The smallest absolute Gasteiger partial charge is 0.338 e. The molecule has 1 amide bonds. The maximum atomic E-state index is 11.8. The van der Waals surface area contributed by atoms with Crippen LogP contribution in [0.3, 0.4) is 0 Å². The van der Waals surface area contributed by atoms with Gasteiger partial charge in [0.15, 0.2) is 6.10 Å². The average Bonchev–Trinajstić information content (AvgIpc) is 2.48. The summed E-state index contributed by atoms with van der Waals surface area (Å²) in [6.07, 6.45) is -0.925. The van der Waals surface area contributed by atoms with E-state index in [0.29, 0.717) is 5.56 Å². The number of rotatable bonds is 5. The van der Waals surface area contributed by atoms with Crippen molar-refractivity contribution in [3.8, 4) is 0 Å². The topological polar surface area (TPSA) is 81.9 Å². The second-order valence-corrected chi connectivity index (χ2v) is 5.04. The van der Waals surface area contributed by atoms with Crippen molar-refractivity contribution >= 4 is 11.9 Å². The van der Waals surface area contributed by atoms with E-state index < -0.39 is 18.0 Å². The molecule has 1 aromatic rings. The van der Waals surface area contributed by atoms with Gasteiger partial charge in [0.05, 0.1) is 18.8 Å². The molecule has 21 heavy (non-hydrogen) atoms. The fourth-order valence-electron chi connectivity index (χ4n) is 2.05. The van der Waals surface area contributed by atoms with Gasteiger partial charge in [-0.3, -0.25) is 9.69 Å². The van der Waals surface area contributed by atoms with E-state index in [-0.39, 0.29) is 0 Å². The van der Waals surface area contributed by atoms with E-state index in [1.165, 1.54) is 6.92 Å². The molecule has 6 heteroatoms. The molecule has 114 valence electrons. The molecule has 1 aliphatic rings. The summed E-state index contributed by atoms with van der Waals surface area (Å²) in [4.78, 5) is 25.0. The molecule has 1 aromatic carbocycles. The van der Waals surface area contributed by atoms with Gasteiger partial charge in [-0.15, -0.1) is 0 Å². The van der Waals surface area contributed by atoms with Crippen molar-refractivity contribution in [3.05, 3.63) is 35.4 Å². The number of primary amides is 1. The summed E-state index contributed by atoms with van der Waals surface area (Å²) >= 11 is 0. The Morgan fingerprint density at radius 2 is 1.90 bits per heavy atom. The van der Waals surface area contributed by atoms with Crippen LogP contribution in [0.25, 0.3) is 0 Å². The third-order valence-electron chi connectivity index (χ3n) is 3.38. The van der Waals surface area contributed by atoms with Crippen LogP contribution in [-0.2, 0) is 20.8 Å². The molecule has 1 heterocycles. The van der Waals surface area contributed by atoms with Crippen molar-refractivity contribution in [3.63, 3.8) is 0 Å². The predicted molar refractivity (Wildman–Crippen MR) is 76.6 cm³/mol. The van der Waals surface area contributed by atoms with E-state index in [0.717, 1.165) is 38.4 Å². The number of morpholine rings is 1. The number of carbonyl (C=O) groups excluding carboxylic acids is 2. The summed E-state index contributed by atoms with van der Waals surface area (Å²) in [6.45, 7) is 5.63. The molecule has 1 aliphatic heterocycles. The minimum atomic E-state index is -0.925. The van der Waals surface area contributed by atoms with Gasteiger partial charge in [0.1, 0.15) is 0 Å².